The Balaban J connectivity index is 2.07. The summed E-state index contributed by atoms with van der Waals surface area (Å²) in [6, 6.07) is 3.69. The maximum atomic E-state index is 12.4. The van der Waals surface area contributed by atoms with Crippen molar-refractivity contribution >= 4 is 11.7 Å². The fourth-order valence-electron chi connectivity index (χ4n) is 2.31. The highest BCUT2D eigenvalue weighted by atomic mass is 19.3. The van der Waals surface area contributed by atoms with Gasteiger partial charge in [0.25, 0.3) is 6.08 Å². The van der Waals surface area contributed by atoms with Crippen LogP contribution in [-0.4, -0.2) is 10.9 Å². The second-order valence-corrected chi connectivity index (χ2v) is 5.75. The van der Waals surface area contributed by atoms with E-state index in [9.17, 15) is 13.6 Å². The van der Waals surface area contributed by atoms with E-state index in [1.807, 2.05) is 13.0 Å². The van der Waals surface area contributed by atoms with Crippen LogP contribution in [0, 0.1) is 6.92 Å². The largest absolute Gasteiger partial charge is 0.311 e. The van der Waals surface area contributed by atoms with Crippen LogP contribution >= 0.6 is 0 Å². The number of amides is 1. The number of rotatable bonds is 10. The van der Waals surface area contributed by atoms with Gasteiger partial charge in [-0.25, -0.2) is 4.98 Å². The van der Waals surface area contributed by atoms with Gasteiger partial charge in [0.2, 0.25) is 5.91 Å². The van der Waals surface area contributed by atoms with Gasteiger partial charge in [0.15, 0.2) is 0 Å². The first-order valence-electron chi connectivity index (χ1n) is 8.28. The Kier molecular flexibility index (Phi) is 9.10. The standard InChI is InChI=1S/C18H26F2N2O/c1-3-15(18(19)20)9-7-5-4-6-8-10-17(23)22-16-12-11-14(2)13-21-16/h11-13H,3-10H2,1-2H3,(H,21,22,23). The van der Waals surface area contributed by atoms with Crippen molar-refractivity contribution < 1.29 is 13.6 Å². The zero-order chi connectivity index (χ0) is 17.1. The average molecular weight is 324 g/mol. The molecule has 1 aromatic heterocycles. The van der Waals surface area contributed by atoms with Crippen molar-refractivity contribution in [1.29, 1.82) is 0 Å². The highest BCUT2D eigenvalue weighted by molar-refractivity contribution is 5.89. The molecule has 0 saturated heterocycles. The zero-order valence-electron chi connectivity index (χ0n) is 14.0. The molecule has 3 nitrogen and oxygen atoms in total. The number of aryl methyl sites for hydroxylation is 1. The third-order valence-electron chi connectivity index (χ3n) is 3.76. The van der Waals surface area contributed by atoms with Crippen LogP contribution in [0.25, 0.3) is 0 Å². The lowest BCUT2D eigenvalue weighted by atomic mass is 10.0. The maximum Gasteiger partial charge on any atom is 0.269 e. The Bertz CT molecular complexity index is 508. The molecule has 0 spiro atoms. The number of aromatic nitrogens is 1. The number of unbranched alkanes of at least 4 members (excludes halogenated alkanes) is 4. The molecule has 1 aromatic rings. The van der Waals surface area contributed by atoms with Gasteiger partial charge in [-0.2, -0.15) is 8.78 Å². The van der Waals surface area contributed by atoms with Crippen LogP contribution in [0.2, 0.25) is 0 Å². The van der Waals surface area contributed by atoms with E-state index in [-0.39, 0.29) is 11.5 Å². The van der Waals surface area contributed by atoms with Gasteiger partial charge in [-0.1, -0.05) is 32.3 Å². The minimum Gasteiger partial charge on any atom is -0.311 e. The van der Waals surface area contributed by atoms with E-state index < -0.39 is 6.08 Å². The van der Waals surface area contributed by atoms with Crippen molar-refractivity contribution in [3.8, 4) is 0 Å². The molecular formula is C18H26F2N2O. The predicted molar refractivity (Wildman–Crippen MR) is 89.5 cm³/mol. The van der Waals surface area contributed by atoms with E-state index in [1.54, 1.807) is 19.2 Å². The molecule has 5 heteroatoms. The molecule has 128 valence electrons. The summed E-state index contributed by atoms with van der Waals surface area (Å²) in [6.45, 7) is 3.70. The van der Waals surface area contributed by atoms with Crippen LogP contribution in [0.3, 0.4) is 0 Å². The molecule has 1 rings (SSSR count). The molecule has 1 amide bonds. The molecule has 0 fully saturated rings. The van der Waals surface area contributed by atoms with Crippen LogP contribution in [0.5, 0.6) is 0 Å². The Morgan fingerprint density at radius 1 is 1.09 bits per heavy atom. The van der Waals surface area contributed by atoms with Gasteiger partial charge in [0.05, 0.1) is 0 Å². The fourth-order valence-corrected chi connectivity index (χ4v) is 2.31. The monoisotopic (exact) mass is 324 g/mol. The lowest BCUT2D eigenvalue weighted by molar-refractivity contribution is -0.116. The minimum absolute atomic E-state index is 0.0305. The van der Waals surface area contributed by atoms with Crippen LogP contribution in [0.1, 0.15) is 63.9 Å². The maximum absolute atomic E-state index is 12.4. The molecular weight excluding hydrogens is 298 g/mol. The summed E-state index contributed by atoms with van der Waals surface area (Å²) in [5.74, 6) is 0.546. The number of allylic oxidation sites excluding steroid dienone is 1. The zero-order valence-corrected chi connectivity index (χ0v) is 14.0. The highest BCUT2D eigenvalue weighted by Crippen LogP contribution is 2.19. The second kappa shape index (κ2) is 10.9. The van der Waals surface area contributed by atoms with E-state index in [1.165, 1.54) is 0 Å². The lowest BCUT2D eigenvalue weighted by Crippen LogP contribution is -2.12. The number of halogens is 2. The summed E-state index contributed by atoms with van der Waals surface area (Å²) >= 11 is 0. The summed E-state index contributed by atoms with van der Waals surface area (Å²) in [5, 5.41) is 2.77. The van der Waals surface area contributed by atoms with Crippen molar-refractivity contribution in [2.75, 3.05) is 5.32 Å². The summed E-state index contributed by atoms with van der Waals surface area (Å²) in [5.41, 5.74) is 1.33. The van der Waals surface area contributed by atoms with Crippen molar-refractivity contribution in [3.05, 3.63) is 35.5 Å². The molecule has 1 N–H and O–H groups in total. The number of hydrogen-bond donors (Lipinski definition) is 1. The Morgan fingerprint density at radius 2 is 1.74 bits per heavy atom. The number of carbonyl (C=O) groups excluding carboxylic acids is 1. The highest BCUT2D eigenvalue weighted by Gasteiger charge is 2.05. The van der Waals surface area contributed by atoms with Gasteiger partial charge < -0.3 is 5.32 Å². The van der Waals surface area contributed by atoms with Gasteiger partial charge in [-0.05, 0) is 49.8 Å². The SMILES string of the molecule is CCC(CCCCCCCC(=O)Nc1ccc(C)cn1)=C(F)F. The quantitative estimate of drug-likeness (QED) is 0.568. The molecule has 0 bridgehead atoms. The van der Waals surface area contributed by atoms with Crippen LogP contribution in [0.15, 0.2) is 30.0 Å². The molecule has 0 atom stereocenters. The fraction of sp³-hybridized carbons (Fsp3) is 0.556. The number of anilines is 1. The second-order valence-electron chi connectivity index (χ2n) is 5.75. The predicted octanol–water partition coefficient (Wildman–Crippen LogP) is 5.62. The smallest absolute Gasteiger partial charge is 0.269 e. The summed E-state index contributed by atoms with van der Waals surface area (Å²) in [7, 11) is 0. The third kappa shape index (κ3) is 8.43. The Morgan fingerprint density at radius 3 is 2.30 bits per heavy atom. The topological polar surface area (TPSA) is 42.0 Å². The lowest BCUT2D eigenvalue weighted by Gasteiger charge is -2.05. The number of nitrogens with one attached hydrogen (secondary N) is 1. The molecule has 0 aliphatic carbocycles. The van der Waals surface area contributed by atoms with Crippen LogP contribution in [-0.2, 0) is 4.79 Å². The van der Waals surface area contributed by atoms with Crippen LogP contribution < -0.4 is 5.32 Å². The van der Waals surface area contributed by atoms with E-state index in [4.69, 9.17) is 0 Å². The third-order valence-corrected chi connectivity index (χ3v) is 3.76. The number of pyridine rings is 1. The Labute approximate surface area is 137 Å². The molecule has 0 unspecified atom stereocenters. The van der Waals surface area contributed by atoms with Crippen molar-refractivity contribution in [2.45, 2.75) is 65.2 Å². The van der Waals surface area contributed by atoms with Crippen molar-refractivity contribution in [1.82, 2.24) is 4.98 Å². The first-order valence-corrected chi connectivity index (χ1v) is 8.28. The molecule has 0 aliphatic rings. The van der Waals surface area contributed by atoms with Gasteiger partial charge in [-0.15, -0.1) is 0 Å². The summed E-state index contributed by atoms with van der Waals surface area (Å²) in [6.07, 6.45) is 6.02. The average Bonchev–Trinajstić information content (AvgIpc) is 2.52. The Hall–Kier alpha value is -1.78. The van der Waals surface area contributed by atoms with E-state index in [0.29, 0.717) is 25.1 Å². The molecule has 0 aliphatic heterocycles. The normalized spacial score (nSPS) is 10.4. The molecule has 0 radical (unpaired) electrons. The number of nitrogens with zero attached hydrogens (tertiary/aromatic N) is 1. The van der Waals surface area contributed by atoms with Crippen LogP contribution in [0.4, 0.5) is 14.6 Å². The van der Waals surface area contributed by atoms with Gasteiger partial charge in [0.1, 0.15) is 5.82 Å². The summed E-state index contributed by atoms with van der Waals surface area (Å²) in [4.78, 5) is 15.9. The molecule has 23 heavy (non-hydrogen) atoms. The van der Waals surface area contributed by atoms with Gasteiger partial charge in [0, 0.05) is 12.6 Å². The van der Waals surface area contributed by atoms with Crippen molar-refractivity contribution in [2.24, 2.45) is 0 Å². The van der Waals surface area contributed by atoms with E-state index >= 15 is 0 Å². The minimum atomic E-state index is -1.52. The van der Waals surface area contributed by atoms with E-state index in [0.717, 1.165) is 37.7 Å². The number of carbonyl (C=O) groups is 1. The van der Waals surface area contributed by atoms with E-state index in [2.05, 4.69) is 10.3 Å². The molecule has 1 heterocycles. The first kappa shape index (κ1) is 19.3. The van der Waals surface area contributed by atoms with Gasteiger partial charge in [-0.3, -0.25) is 4.79 Å². The molecule has 0 saturated carbocycles. The van der Waals surface area contributed by atoms with Gasteiger partial charge >= 0.3 is 0 Å². The van der Waals surface area contributed by atoms with Crippen molar-refractivity contribution in [3.63, 3.8) is 0 Å². The summed E-state index contributed by atoms with van der Waals surface area (Å²) < 4.78 is 24.9. The first-order chi connectivity index (χ1) is 11.0. The number of hydrogen-bond acceptors (Lipinski definition) is 2. The molecule has 0 aromatic carbocycles.